The summed E-state index contributed by atoms with van der Waals surface area (Å²) in [6, 6.07) is 7.29. The molecule has 0 N–H and O–H groups in total. The van der Waals surface area contributed by atoms with Crippen LogP contribution in [-0.2, 0) is 12.5 Å². The molecule has 0 amide bonds. The Hall–Kier alpha value is -3.77. The molecule has 0 aliphatic carbocycles. The van der Waals surface area contributed by atoms with Crippen LogP contribution in [-0.4, -0.2) is 31.6 Å². The van der Waals surface area contributed by atoms with E-state index in [4.69, 9.17) is 0 Å². The summed E-state index contributed by atoms with van der Waals surface area (Å²) in [4.78, 5) is 3.86. The summed E-state index contributed by atoms with van der Waals surface area (Å²) in [5.41, 5.74) is -1.31. The summed E-state index contributed by atoms with van der Waals surface area (Å²) in [5, 5.41) is 10.4. The average molecular weight is 471 g/mol. The lowest BCUT2D eigenvalue weighted by atomic mass is 9.89. The van der Waals surface area contributed by atoms with Gasteiger partial charge in [0.25, 0.3) is 5.92 Å². The first kappa shape index (κ1) is 22.4. The molecule has 13 heteroatoms. The van der Waals surface area contributed by atoms with E-state index in [2.05, 4.69) is 25.2 Å². The van der Waals surface area contributed by atoms with Gasteiger partial charge >= 0.3 is 6.36 Å². The van der Waals surface area contributed by atoms with Crippen molar-refractivity contribution in [3.05, 3.63) is 77.8 Å². The van der Waals surface area contributed by atoms with E-state index < -0.39 is 53.4 Å². The topological polar surface area (TPSA) is 65.7 Å². The number of hydrogen-bond acceptors (Lipinski definition) is 5. The van der Waals surface area contributed by atoms with Gasteiger partial charge in [-0.05, 0) is 46.3 Å². The molecule has 33 heavy (non-hydrogen) atoms. The molecule has 4 aromatic rings. The zero-order valence-corrected chi connectivity index (χ0v) is 16.3. The fourth-order valence-corrected chi connectivity index (χ4v) is 3.31. The molecule has 0 saturated heterocycles. The van der Waals surface area contributed by atoms with E-state index in [0.29, 0.717) is 6.07 Å². The third-order valence-electron chi connectivity index (χ3n) is 4.77. The fourth-order valence-electron chi connectivity index (χ4n) is 3.31. The Bertz CT molecular complexity index is 1280. The molecule has 0 bridgehead atoms. The lowest BCUT2D eigenvalue weighted by Gasteiger charge is -2.27. The van der Waals surface area contributed by atoms with Crippen LogP contribution in [0.1, 0.15) is 17.2 Å². The van der Waals surface area contributed by atoms with Crippen LogP contribution in [0.2, 0.25) is 0 Å². The fraction of sp³-hybridized carbons (Fsp3) is 0.200. The zero-order chi connectivity index (χ0) is 23.8. The minimum Gasteiger partial charge on any atom is -0.406 e. The van der Waals surface area contributed by atoms with Crippen molar-refractivity contribution in [3.63, 3.8) is 0 Å². The Morgan fingerprint density at radius 3 is 2.39 bits per heavy atom. The van der Waals surface area contributed by atoms with Crippen molar-refractivity contribution in [2.24, 2.45) is 0 Å². The number of alkyl halides is 5. The summed E-state index contributed by atoms with van der Waals surface area (Å²) < 4.78 is 101. The largest absolute Gasteiger partial charge is 0.573 e. The number of aromatic nitrogens is 5. The van der Waals surface area contributed by atoms with E-state index >= 15 is 8.78 Å². The lowest BCUT2D eigenvalue weighted by Crippen LogP contribution is -2.30. The van der Waals surface area contributed by atoms with Crippen LogP contribution in [0.5, 0.6) is 5.75 Å². The highest BCUT2D eigenvalue weighted by molar-refractivity contribution is 5.80. The molecule has 0 aliphatic heterocycles. The number of halogens is 7. The van der Waals surface area contributed by atoms with Crippen LogP contribution in [0.25, 0.3) is 10.9 Å². The Kier molecular flexibility index (Phi) is 5.64. The van der Waals surface area contributed by atoms with E-state index in [0.717, 1.165) is 53.5 Å². The summed E-state index contributed by atoms with van der Waals surface area (Å²) in [6.07, 6.45) is -3.86. The van der Waals surface area contributed by atoms with Gasteiger partial charge in [0.05, 0.1) is 18.0 Å². The molecule has 4 rings (SSSR count). The smallest absolute Gasteiger partial charge is 0.406 e. The molecule has 0 radical (unpaired) electrons. The van der Waals surface area contributed by atoms with Gasteiger partial charge < -0.3 is 4.74 Å². The van der Waals surface area contributed by atoms with Crippen LogP contribution in [0, 0.1) is 11.6 Å². The average Bonchev–Trinajstić information content (AvgIpc) is 3.24. The van der Waals surface area contributed by atoms with Crippen molar-refractivity contribution >= 4 is 10.9 Å². The minimum atomic E-state index is -4.92. The molecule has 1 atom stereocenters. The van der Waals surface area contributed by atoms with Crippen LogP contribution >= 0.6 is 0 Å². The maximum absolute atomic E-state index is 15.6. The standard InChI is InChI=1S/C20H12F7N5O/c21-12-2-4-14(16(22)8-12)15(9-32-10-28-30-31-32)19(23,24)18-6-1-11-7-13(33-20(25,26)27)3-5-17(11)29-18/h1-8,10,15H,9H2. The van der Waals surface area contributed by atoms with Gasteiger partial charge in [0, 0.05) is 11.5 Å². The van der Waals surface area contributed by atoms with Gasteiger partial charge in [-0.25, -0.2) is 18.4 Å². The second-order valence-corrected chi connectivity index (χ2v) is 6.97. The van der Waals surface area contributed by atoms with Crippen molar-refractivity contribution in [1.82, 2.24) is 25.2 Å². The van der Waals surface area contributed by atoms with E-state index in [1.165, 1.54) is 0 Å². The molecular formula is C20H12F7N5O. The van der Waals surface area contributed by atoms with Crippen LogP contribution in [0.4, 0.5) is 30.7 Å². The van der Waals surface area contributed by atoms with Crippen molar-refractivity contribution in [1.29, 1.82) is 0 Å². The molecule has 172 valence electrons. The van der Waals surface area contributed by atoms with Gasteiger partial charge in [-0.1, -0.05) is 12.1 Å². The highest BCUT2D eigenvalue weighted by atomic mass is 19.4. The maximum Gasteiger partial charge on any atom is 0.573 e. The van der Waals surface area contributed by atoms with Crippen LogP contribution < -0.4 is 4.74 Å². The number of rotatable bonds is 6. The van der Waals surface area contributed by atoms with Gasteiger partial charge in [0.1, 0.15) is 29.4 Å². The van der Waals surface area contributed by atoms with Gasteiger partial charge in [-0.2, -0.15) is 8.78 Å². The van der Waals surface area contributed by atoms with E-state index in [9.17, 15) is 22.0 Å². The van der Waals surface area contributed by atoms with Crippen LogP contribution in [0.15, 0.2) is 54.9 Å². The Morgan fingerprint density at radius 1 is 0.939 bits per heavy atom. The van der Waals surface area contributed by atoms with Gasteiger partial charge in [0.2, 0.25) is 0 Å². The van der Waals surface area contributed by atoms with Crippen molar-refractivity contribution in [3.8, 4) is 5.75 Å². The summed E-state index contributed by atoms with van der Waals surface area (Å²) in [6.45, 7) is -0.569. The van der Waals surface area contributed by atoms with Crippen molar-refractivity contribution in [2.75, 3.05) is 0 Å². The number of ether oxygens (including phenoxy) is 1. The van der Waals surface area contributed by atoms with E-state index in [1.807, 2.05) is 0 Å². The van der Waals surface area contributed by atoms with Gasteiger partial charge in [0.15, 0.2) is 0 Å². The number of hydrogen-bond donors (Lipinski definition) is 0. The van der Waals surface area contributed by atoms with Crippen molar-refractivity contribution < 1.29 is 35.5 Å². The second-order valence-electron chi connectivity index (χ2n) is 6.97. The van der Waals surface area contributed by atoms with E-state index in [-0.39, 0.29) is 10.9 Å². The van der Waals surface area contributed by atoms with Crippen LogP contribution in [0.3, 0.4) is 0 Å². The summed E-state index contributed by atoms with van der Waals surface area (Å²) in [7, 11) is 0. The Balaban J connectivity index is 1.75. The number of tetrazole rings is 1. The normalized spacial score (nSPS) is 13.3. The molecule has 0 saturated carbocycles. The second kappa shape index (κ2) is 8.30. The maximum atomic E-state index is 15.6. The summed E-state index contributed by atoms with van der Waals surface area (Å²) >= 11 is 0. The predicted octanol–water partition coefficient (Wildman–Crippen LogP) is 4.97. The molecular weight excluding hydrogens is 459 g/mol. The Morgan fingerprint density at radius 2 is 1.73 bits per heavy atom. The molecule has 0 aliphatic rings. The predicted molar refractivity (Wildman–Crippen MR) is 99.2 cm³/mol. The molecule has 0 fully saturated rings. The monoisotopic (exact) mass is 471 g/mol. The highest BCUT2D eigenvalue weighted by Gasteiger charge is 2.45. The first-order valence-electron chi connectivity index (χ1n) is 9.23. The zero-order valence-electron chi connectivity index (χ0n) is 16.3. The number of nitrogens with zero attached hydrogens (tertiary/aromatic N) is 5. The third kappa shape index (κ3) is 4.86. The minimum absolute atomic E-state index is 0.0394. The van der Waals surface area contributed by atoms with Crippen molar-refractivity contribution in [2.45, 2.75) is 24.7 Å². The SMILES string of the molecule is Fc1ccc(C(Cn2cnnn2)C(F)(F)c2ccc3cc(OC(F)(F)F)ccc3n2)c(F)c1. The first-order valence-corrected chi connectivity index (χ1v) is 9.23. The number of benzene rings is 2. The Labute approximate surface area is 180 Å². The third-order valence-corrected chi connectivity index (χ3v) is 4.77. The molecule has 0 spiro atoms. The lowest BCUT2D eigenvalue weighted by molar-refractivity contribution is -0.274. The summed E-state index contributed by atoms with van der Waals surface area (Å²) in [5.74, 6) is -8.37. The highest BCUT2D eigenvalue weighted by Crippen LogP contribution is 2.43. The molecule has 6 nitrogen and oxygen atoms in total. The first-order chi connectivity index (χ1) is 15.5. The van der Waals surface area contributed by atoms with Gasteiger partial charge in [-0.3, -0.25) is 0 Å². The number of fused-ring (bicyclic) bond motifs is 1. The van der Waals surface area contributed by atoms with E-state index in [1.54, 1.807) is 0 Å². The molecule has 2 heterocycles. The van der Waals surface area contributed by atoms with Gasteiger partial charge in [-0.15, -0.1) is 18.3 Å². The molecule has 2 aromatic heterocycles. The molecule has 2 aromatic carbocycles. The quantitative estimate of drug-likeness (QED) is 0.372. The number of pyridine rings is 1. The molecule has 1 unspecified atom stereocenters.